The van der Waals surface area contributed by atoms with Gasteiger partial charge in [0.25, 0.3) is 0 Å². The quantitative estimate of drug-likeness (QED) is 0.196. The van der Waals surface area contributed by atoms with E-state index in [4.69, 9.17) is 29.4 Å². The second kappa shape index (κ2) is 12.1. The van der Waals surface area contributed by atoms with Crippen LogP contribution in [0.2, 0.25) is 0 Å². The Morgan fingerprint density at radius 2 is 1.43 bits per heavy atom. The lowest BCUT2D eigenvalue weighted by molar-refractivity contribution is -0.399. The predicted molar refractivity (Wildman–Crippen MR) is 144 cm³/mol. The van der Waals surface area contributed by atoms with Crippen LogP contribution in [0.3, 0.4) is 0 Å². The van der Waals surface area contributed by atoms with Crippen LogP contribution in [-0.2, 0) is 38.1 Å². The molecule has 13 heteroatoms. The minimum atomic E-state index is -3.01. The highest BCUT2D eigenvalue weighted by atomic mass is 16.7. The average molecular weight is 587 g/mol. The van der Waals surface area contributed by atoms with Crippen LogP contribution < -0.4 is 11.1 Å². The Morgan fingerprint density at radius 3 is 1.93 bits per heavy atom. The summed E-state index contributed by atoms with van der Waals surface area (Å²) in [5, 5.41) is 25.6. The molecule has 1 heterocycles. The molecule has 4 rings (SSSR count). The van der Waals surface area contributed by atoms with Gasteiger partial charge in [-0.25, -0.2) is 4.79 Å². The molecule has 0 saturated carbocycles. The number of carbonyl (C=O) groups excluding carboxylic acids is 4. The van der Waals surface area contributed by atoms with E-state index in [1.807, 2.05) is 48.5 Å². The minimum Gasteiger partial charge on any atom is -0.463 e. The van der Waals surface area contributed by atoms with E-state index in [0.29, 0.717) is 0 Å². The molecule has 1 fully saturated rings. The van der Waals surface area contributed by atoms with Gasteiger partial charge < -0.3 is 39.6 Å². The molecule has 42 heavy (non-hydrogen) atoms. The molecule has 1 aliphatic heterocycles. The summed E-state index contributed by atoms with van der Waals surface area (Å²) in [6.07, 6.45) is -6.34. The molecule has 2 aliphatic rings. The number of rotatable bonds is 8. The van der Waals surface area contributed by atoms with Crippen LogP contribution in [0.25, 0.3) is 11.1 Å². The fourth-order valence-corrected chi connectivity index (χ4v) is 5.42. The molecule has 0 aromatic heterocycles. The number of amides is 1. The van der Waals surface area contributed by atoms with Crippen molar-refractivity contribution >= 4 is 24.0 Å². The van der Waals surface area contributed by atoms with Crippen LogP contribution >= 0.6 is 0 Å². The van der Waals surface area contributed by atoms with Crippen LogP contribution in [0.5, 0.6) is 0 Å². The number of benzene rings is 2. The van der Waals surface area contributed by atoms with E-state index in [2.05, 4.69) is 5.32 Å². The van der Waals surface area contributed by atoms with Gasteiger partial charge in [0.05, 0.1) is 6.04 Å². The lowest BCUT2D eigenvalue weighted by atomic mass is 9.82. The van der Waals surface area contributed by atoms with Crippen molar-refractivity contribution in [3.05, 3.63) is 59.7 Å². The van der Waals surface area contributed by atoms with Crippen molar-refractivity contribution in [3.63, 3.8) is 0 Å². The zero-order valence-electron chi connectivity index (χ0n) is 23.6. The molecular formula is C29H34N2O11. The number of aliphatic hydroxyl groups is 2. The largest absolute Gasteiger partial charge is 0.463 e. The van der Waals surface area contributed by atoms with Gasteiger partial charge in [-0.05, 0) is 29.2 Å². The first-order chi connectivity index (χ1) is 19.8. The number of hydrogen-bond acceptors (Lipinski definition) is 12. The Kier molecular flexibility index (Phi) is 8.87. The summed E-state index contributed by atoms with van der Waals surface area (Å²) in [6, 6.07) is 13.9. The summed E-state index contributed by atoms with van der Waals surface area (Å²) in [4.78, 5) is 48.9. The predicted octanol–water partition coefficient (Wildman–Crippen LogP) is 1.07. The van der Waals surface area contributed by atoms with Gasteiger partial charge >= 0.3 is 24.0 Å². The van der Waals surface area contributed by atoms with E-state index in [0.717, 1.165) is 43.0 Å². The van der Waals surface area contributed by atoms with Gasteiger partial charge in [0.15, 0.2) is 12.2 Å². The first-order valence-electron chi connectivity index (χ1n) is 13.3. The summed E-state index contributed by atoms with van der Waals surface area (Å²) in [7, 11) is 0. The van der Waals surface area contributed by atoms with Gasteiger partial charge in [0.1, 0.15) is 19.3 Å². The molecule has 2 aromatic carbocycles. The van der Waals surface area contributed by atoms with Crippen molar-refractivity contribution in [2.75, 3.05) is 13.2 Å². The maximum Gasteiger partial charge on any atom is 0.409 e. The molecule has 13 nitrogen and oxygen atoms in total. The SMILES string of the molecule is CC(=O)OC[C@H]1O[C@](O)(C(C)N)[C@@](O)(NC(=O)OCC2c3ccccc3-c3ccccc32)[C@@H](OC(C)=O)[C@H]1OC(C)=O. The molecule has 1 amide bonds. The second-order valence-electron chi connectivity index (χ2n) is 10.3. The molecule has 0 bridgehead atoms. The summed E-state index contributed by atoms with van der Waals surface area (Å²) in [5.41, 5.74) is 6.84. The van der Waals surface area contributed by atoms with Crippen LogP contribution in [0.15, 0.2) is 48.5 Å². The highest BCUT2D eigenvalue weighted by Gasteiger charge is 2.69. The molecule has 0 spiro atoms. The number of nitrogens with one attached hydrogen (secondary N) is 1. The summed E-state index contributed by atoms with van der Waals surface area (Å²) >= 11 is 0. The minimum absolute atomic E-state index is 0.159. The van der Waals surface area contributed by atoms with Gasteiger partial charge in [0.2, 0.25) is 11.5 Å². The molecule has 0 radical (unpaired) electrons. The fraction of sp³-hybridized carbons (Fsp3) is 0.448. The fourth-order valence-electron chi connectivity index (χ4n) is 5.42. The standard InChI is InChI=1S/C29H34N2O11/c1-15(30)29(37)28(36,26(41-18(4)34)25(40-17(3)33)24(42-29)14-38-16(2)32)31-27(35)39-13-23-21-11-7-5-9-19(21)20-10-6-8-12-22(20)23/h5-12,15,23-26,36-37H,13-14,30H2,1-4H3,(H,31,35)/t15?,24-,25+,26+,28-,29-/m1/s1. The maximum absolute atomic E-state index is 13.2. The first kappa shape index (κ1) is 30.9. The number of nitrogens with two attached hydrogens (primary N) is 1. The third kappa shape index (κ3) is 5.81. The van der Waals surface area contributed by atoms with Crippen LogP contribution in [0.1, 0.15) is 44.7 Å². The average Bonchev–Trinajstić information content (AvgIpc) is 3.24. The topological polar surface area (TPSA) is 193 Å². The van der Waals surface area contributed by atoms with E-state index in [9.17, 15) is 29.4 Å². The van der Waals surface area contributed by atoms with E-state index in [1.54, 1.807) is 0 Å². The van der Waals surface area contributed by atoms with E-state index >= 15 is 0 Å². The molecule has 1 unspecified atom stereocenters. The third-order valence-electron chi connectivity index (χ3n) is 7.25. The van der Waals surface area contributed by atoms with Gasteiger partial charge in [-0.3, -0.25) is 19.7 Å². The van der Waals surface area contributed by atoms with Gasteiger partial charge in [-0.1, -0.05) is 48.5 Å². The van der Waals surface area contributed by atoms with E-state index in [1.165, 1.54) is 6.92 Å². The highest BCUT2D eigenvalue weighted by molar-refractivity contribution is 5.79. The van der Waals surface area contributed by atoms with Crippen LogP contribution in [0.4, 0.5) is 4.79 Å². The van der Waals surface area contributed by atoms with Crippen molar-refractivity contribution in [1.82, 2.24) is 5.32 Å². The molecule has 5 N–H and O–H groups in total. The molecule has 1 aliphatic carbocycles. The monoisotopic (exact) mass is 586 g/mol. The number of carbonyl (C=O) groups is 4. The summed E-state index contributed by atoms with van der Waals surface area (Å²) in [6.45, 7) is 3.66. The normalized spacial score (nSPS) is 27.2. The summed E-state index contributed by atoms with van der Waals surface area (Å²) in [5.74, 6) is -5.78. The Morgan fingerprint density at radius 1 is 0.881 bits per heavy atom. The molecular weight excluding hydrogens is 552 g/mol. The lowest BCUT2D eigenvalue weighted by Gasteiger charge is -2.55. The second-order valence-corrected chi connectivity index (χ2v) is 10.3. The van der Waals surface area contributed by atoms with Crippen LogP contribution in [-0.4, -0.2) is 83.3 Å². The van der Waals surface area contributed by atoms with Crippen molar-refractivity contribution in [3.8, 4) is 11.1 Å². The Bertz CT molecular complexity index is 1320. The van der Waals surface area contributed by atoms with Crippen molar-refractivity contribution in [2.45, 2.75) is 69.5 Å². The van der Waals surface area contributed by atoms with Gasteiger partial charge in [0, 0.05) is 26.7 Å². The van der Waals surface area contributed by atoms with E-state index in [-0.39, 0.29) is 12.5 Å². The number of alkyl carbamates (subject to hydrolysis) is 1. The zero-order chi connectivity index (χ0) is 30.8. The number of hydrogen-bond donors (Lipinski definition) is 4. The zero-order valence-corrected chi connectivity index (χ0v) is 23.6. The van der Waals surface area contributed by atoms with E-state index < -0.39 is 66.5 Å². The number of esters is 3. The van der Waals surface area contributed by atoms with Crippen molar-refractivity contribution in [2.24, 2.45) is 5.73 Å². The van der Waals surface area contributed by atoms with Gasteiger partial charge in [-0.2, -0.15) is 0 Å². The Hall–Kier alpha value is -4.04. The van der Waals surface area contributed by atoms with Crippen LogP contribution in [0, 0.1) is 0 Å². The first-order valence-corrected chi connectivity index (χ1v) is 13.3. The molecule has 226 valence electrons. The van der Waals surface area contributed by atoms with Crippen molar-refractivity contribution < 1.29 is 53.1 Å². The number of ether oxygens (including phenoxy) is 5. The Labute approximate surface area is 241 Å². The molecule has 2 aromatic rings. The highest BCUT2D eigenvalue weighted by Crippen LogP contribution is 2.45. The lowest BCUT2D eigenvalue weighted by Crippen LogP contribution is -2.83. The van der Waals surface area contributed by atoms with Gasteiger partial charge in [-0.15, -0.1) is 0 Å². The summed E-state index contributed by atoms with van der Waals surface area (Å²) < 4.78 is 26.7. The van der Waals surface area contributed by atoms with Crippen molar-refractivity contribution in [1.29, 1.82) is 0 Å². The number of fused-ring (bicyclic) bond motifs is 3. The smallest absolute Gasteiger partial charge is 0.409 e. The molecule has 6 atom stereocenters. The Balaban J connectivity index is 1.65. The third-order valence-corrected chi connectivity index (χ3v) is 7.25. The molecule has 1 saturated heterocycles. The maximum atomic E-state index is 13.2.